The average Bonchev–Trinajstić information content (AvgIpc) is 2.95. The monoisotopic (exact) mass is 399 g/mol. The van der Waals surface area contributed by atoms with Gasteiger partial charge in [0.1, 0.15) is 23.9 Å². The molecule has 1 saturated heterocycles. The highest BCUT2D eigenvalue weighted by atomic mass is 32.2. The molecule has 0 N–H and O–H groups in total. The number of thioether (sulfide) groups is 1. The van der Waals surface area contributed by atoms with Gasteiger partial charge in [0, 0.05) is 11.6 Å². The molecule has 28 heavy (non-hydrogen) atoms. The molecule has 0 atom stereocenters. The zero-order valence-electron chi connectivity index (χ0n) is 15.9. The summed E-state index contributed by atoms with van der Waals surface area (Å²) in [5, 5.41) is -0.309. The molecule has 0 aliphatic carbocycles. The minimum atomic E-state index is -0.333. The Balaban J connectivity index is 1.68. The van der Waals surface area contributed by atoms with Crippen molar-refractivity contribution in [2.45, 2.75) is 6.92 Å². The summed E-state index contributed by atoms with van der Waals surface area (Å²) >= 11 is 0.911. The lowest BCUT2D eigenvalue weighted by molar-refractivity contribution is -0.123. The van der Waals surface area contributed by atoms with E-state index in [1.54, 1.807) is 38.5 Å². The van der Waals surface area contributed by atoms with E-state index >= 15 is 0 Å². The fraction of sp³-hybridized carbons (Fsp3) is 0.238. The van der Waals surface area contributed by atoms with Crippen LogP contribution in [-0.4, -0.2) is 43.4 Å². The molecule has 0 unspecified atom stereocenters. The van der Waals surface area contributed by atoms with Gasteiger partial charge >= 0.3 is 0 Å². The molecule has 2 amide bonds. The molecule has 0 bridgehead atoms. The van der Waals surface area contributed by atoms with Gasteiger partial charge in [-0.2, -0.15) is 0 Å². The second kappa shape index (κ2) is 8.84. The van der Waals surface area contributed by atoms with Crippen molar-refractivity contribution < 1.29 is 23.8 Å². The number of carbonyl (C=O) groups is 2. The first-order valence-corrected chi connectivity index (χ1v) is 9.50. The molecule has 1 aliphatic heterocycles. The maximum atomic E-state index is 12.6. The van der Waals surface area contributed by atoms with Crippen LogP contribution in [0.25, 0.3) is 6.08 Å². The number of hydrogen-bond donors (Lipinski definition) is 0. The number of imide groups is 1. The van der Waals surface area contributed by atoms with Gasteiger partial charge in [0.2, 0.25) is 0 Å². The molecule has 6 nitrogen and oxygen atoms in total. The number of hydrogen-bond acceptors (Lipinski definition) is 6. The van der Waals surface area contributed by atoms with Gasteiger partial charge in [-0.25, -0.2) is 0 Å². The maximum absolute atomic E-state index is 12.6. The fourth-order valence-corrected chi connectivity index (χ4v) is 3.59. The summed E-state index contributed by atoms with van der Waals surface area (Å²) in [6, 6.07) is 12.9. The van der Waals surface area contributed by atoms with E-state index < -0.39 is 0 Å². The van der Waals surface area contributed by atoms with Crippen LogP contribution in [0.15, 0.2) is 47.4 Å². The van der Waals surface area contributed by atoms with E-state index in [0.717, 1.165) is 17.3 Å². The first-order chi connectivity index (χ1) is 13.5. The second-order valence-electron chi connectivity index (χ2n) is 6.11. The van der Waals surface area contributed by atoms with Gasteiger partial charge < -0.3 is 14.2 Å². The topological polar surface area (TPSA) is 65.1 Å². The third-order valence-corrected chi connectivity index (χ3v) is 5.08. The number of ether oxygens (including phenoxy) is 3. The van der Waals surface area contributed by atoms with E-state index in [0.29, 0.717) is 27.7 Å². The van der Waals surface area contributed by atoms with Crippen LogP contribution in [0.5, 0.6) is 17.2 Å². The van der Waals surface area contributed by atoms with Crippen molar-refractivity contribution in [3.63, 3.8) is 0 Å². The minimum Gasteiger partial charge on any atom is -0.497 e. The SMILES string of the molecule is COc1ccc(C=C2SC(=O)N(CCOc3cccc(C)c3)C2=O)c(OC)c1. The Labute approximate surface area is 168 Å². The quantitative estimate of drug-likeness (QED) is 0.653. The summed E-state index contributed by atoms with van der Waals surface area (Å²) in [4.78, 5) is 26.4. The summed E-state index contributed by atoms with van der Waals surface area (Å²) in [6.07, 6.45) is 1.66. The van der Waals surface area contributed by atoms with Crippen LogP contribution in [0.3, 0.4) is 0 Å². The highest BCUT2D eigenvalue weighted by molar-refractivity contribution is 8.18. The number of aryl methyl sites for hydroxylation is 1. The summed E-state index contributed by atoms with van der Waals surface area (Å²) in [5.41, 5.74) is 1.78. The van der Waals surface area contributed by atoms with Crippen LogP contribution >= 0.6 is 11.8 Å². The molecule has 0 radical (unpaired) electrons. The predicted octanol–water partition coefficient (Wildman–Crippen LogP) is 4.13. The van der Waals surface area contributed by atoms with E-state index in [4.69, 9.17) is 14.2 Å². The summed E-state index contributed by atoms with van der Waals surface area (Å²) < 4.78 is 16.2. The molecule has 146 valence electrons. The molecule has 7 heteroatoms. The second-order valence-corrected chi connectivity index (χ2v) is 7.10. The third-order valence-electron chi connectivity index (χ3n) is 4.17. The van der Waals surface area contributed by atoms with Crippen LogP contribution < -0.4 is 14.2 Å². The van der Waals surface area contributed by atoms with E-state index in [1.807, 2.05) is 31.2 Å². The molecule has 0 spiro atoms. The van der Waals surface area contributed by atoms with Crippen LogP contribution in [0.4, 0.5) is 4.79 Å². The predicted molar refractivity (Wildman–Crippen MR) is 109 cm³/mol. The molecular weight excluding hydrogens is 378 g/mol. The van der Waals surface area contributed by atoms with Crippen molar-refractivity contribution in [1.82, 2.24) is 4.90 Å². The Kier molecular flexibility index (Phi) is 6.26. The van der Waals surface area contributed by atoms with Gasteiger partial charge in [-0.1, -0.05) is 12.1 Å². The molecule has 0 saturated carbocycles. The molecule has 1 heterocycles. The van der Waals surface area contributed by atoms with E-state index in [-0.39, 0.29) is 24.3 Å². The Morgan fingerprint density at radius 2 is 1.86 bits per heavy atom. The van der Waals surface area contributed by atoms with Crippen molar-refractivity contribution in [3.05, 3.63) is 58.5 Å². The number of rotatable bonds is 7. The summed E-state index contributed by atoms with van der Waals surface area (Å²) in [7, 11) is 3.11. The lowest BCUT2D eigenvalue weighted by Crippen LogP contribution is -2.32. The van der Waals surface area contributed by atoms with Crippen molar-refractivity contribution in [2.24, 2.45) is 0 Å². The van der Waals surface area contributed by atoms with Crippen molar-refractivity contribution in [3.8, 4) is 17.2 Å². The van der Waals surface area contributed by atoms with Gasteiger partial charge in [-0.3, -0.25) is 14.5 Å². The molecule has 2 aromatic carbocycles. The van der Waals surface area contributed by atoms with E-state index in [9.17, 15) is 9.59 Å². The lowest BCUT2D eigenvalue weighted by Gasteiger charge is -2.13. The van der Waals surface area contributed by atoms with Gasteiger partial charge in [-0.05, 0) is 54.6 Å². The van der Waals surface area contributed by atoms with Crippen molar-refractivity contribution in [2.75, 3.05) is 27.4 Å². The standard InChI is InChI=1S/C21H21NO5S/c1-14-5-4-6-17(11-14)27-10-9-22-20(23)19(28-21(22)24)12-15-7-8-16(25-2)13-18(15)26-3/h4-8,11-13H,9-10H2,1-3H3. The van der Waals surface area contributed by atoms with Crippen molar-refractivity contribution in [1.29, 1.82) is 0 Å². The fourth-order valence-electron chi connectivity index (χ4n) is 2.73. The van der Waals surface area contributed by atoms with E-state index in [1.165, 1.54) is 4.90 Å². The summed E-state index contributed by atoms with van der Waals surface area (Å²) in [6.45, 7) is 2.40. The Morgan fingerprint density at radius 1 is 1.04 bits per heavy atom. The zero-order valence-corrected chi connectivity index (χ0v) is 16.7. The molecular formula is C21H21NO5S. The van der Waals surface area contributed by atoms with Crippen LogP contribution in [-0.2, 0) is 4.79 Å². The Bertz CT molecular complexity index is 925. The molecule has 1 aliphatic rings. The van der Waals surface area contributed by atoms with Crippen LogP contribution in [0.2, 0.25) is 0 Å². The van der Waals surface area contributed by atoms with Crippen molar-refractivity contribution >= 4 is 29.0 Å². The smallest absolute Gasteiger partial charge is 0.293 e. The van der Waals surface area contributed by atoms with Gasteiger partial charge in [-0.15, -0.1) is 0 Å². The Hall–Kier alpha value is -2.93. The number of methoxy groups -OCH3 is 2. The van der Waals surface area contributed by atoms with Gasteiger partial charge in [0.25, 0.3) is 11.1 Å². The number of nitrogens with zero attached hydrogens (tertiary/aromatic N) is 1. The number of amides is 2. The highest BCUT2D eigenvalue weighted by Crippen LogP contribution is 2.34. The molecule has 0 aromatic heterocycles. The van der Waals surface area contributed by atoms with Crippen LogP contribution in [0.1, 0.15) is 11.1 Å². The number of carbonyl (C=O) groups excluding carboxylic acids is 2. The molecule has 2 aromatic rings. The molecule has 3 rings (SSSR count). The first kappa shape index (κ1) is 19.8. The number of benzene rings is 2. The lowest BCUT2D eigenvalue weighted by atomic mass is 10.1. The third kappa shape index (κ3) is 4.48. The first-order valence-electron chi connectivity index (χ1n) is 8.68. The Morgan fingerprint density at radius 3 is 2.57 bits per heavy atom. The minimum absolute atomic E-state index is 0.190. The largest absolute Gasteiger partial charge is 0.497 e. The van der Waals surface area contributed by atoms with Gasteiger partial charge in [0.05, 0.1) is 25.7 Å². The molecule has 1 fully saturated rings. The van der Waals surface area contributed by atoms with E-state index in [2.05, 4.69) is 0 Å². The van der Waals surface area contributed by atoms with Crippen LogP contribution in [0, 0.1) is 6.92 Å². The van der Waals surface area contributed by atoms with Gasteiger partial charge in [0.15, 0.2) is 0 Å². The highest BCUT2D eigenvalue weighted by Gasteiger charge is 2.35. The maximum Gasteiger partial charge on any atom is 0.293 e. The zero-order chi connectivity index (χ0) is 20.1. The normalized spacial score (nSPS) is 15.2. The average molecular weight is 399 g/mol. The summed E-state index contributed by atoms with van der Waals surface area (Å²) in [5.74, 6) is 1.59.